The molecule has 3 aromatic rings. The summed E-state index contributed by atoms with van der Waals surface area (Å²) < 4.78 is 1.88. The van der Waals surface area contributed by atoms with E-state index in [-0.39, 0.29) is 18.0 Å². The number of benzene rings is 2. The molecule has 30 heavy (non-hydrogen) atoms. The van der Waals surface area contributed by atoms with Crippen LogP contribution in [-0.2, 0) is 11.3 Å². The molecule has 0 saturated carbocycles. The number of rotatable bonds is 6. The average Bonchev–Trinajstić information content (AvgIpc) is 3.40. The van der Waals surface area contributed by atoms with Gasteiger partial charge in [-0.3, -0.25) is 9.69 Å². The molecule has 0 spiro atoms. The fourth-order valence-corrected chi connectivity index (χ4v) is 3.67. The van der Waals surface area contributed by atoms with Crippen LogP contribution in [0.5, 0.6) is 0 Å². The third-order valence-corrected chi connectivity index (χ3v) is 5.56. The number of para-hydroxylation sites is 1. The van der Waals surface area contributed by atoms with Gasteiger partial charge < -0.3 is 10.2 Å². The summed E-state index contributed by atoms with van der Waals surface area (Å²) in [6, 6.07) is 19.4. The van der Waals surface area contributed by atoms with E-state index in [0.717, 1.165) is 27.4 Å². The molecule has 2 heterocycles. The third kappa shape index (κ3) is 3.97. The van der Waals surface area contributed by atoms with E-state index in [9.17, 15) is 9.59 Å². The van der Waals surface area contributed by atoms with Gasteiger partial charge in [0.2, 0.25) is 0 Å². The highest BCUT2D eigenvalue weighted by atomic mass is 16.2. The van der Waals surface area contributed by atoms with Crippen LogP contribution >= 0.6 is 0 Å². The van der Waals surface area contributed by atoms with Crippen LogP contribution in [0.25, 0.3) is 16.9 Å². The number of hydrogen-bond acceptors (Lipinski definition) is 3. The number of quaternary nitrogens is 1. The van der Waals surface area contributed by atoms with Crippen LogP contribution < -0.4 is 10.2 Å². The number of urea groups is 1. The minimum Gasteiger partial charge on any atom is -0.336 e. The lowest BCUT2D eigenvalue weighted by atomic mass is 10.1. The van der Waals surface area contributed by atoms with Crippen molar-refractivity contribution in [1.29, 1.82) is 0 Å². The minimum atomic E-state index is -0.349. The molecule has 2 atom stereocenters. The molecular weight excluding hydrogens is 378 g/mol. The zero-order valence-corrected chi connectivity index (χ0v) is 17.2. The van der Waals surface area contributed by atoms with Crippen molar-refractivity contribution in [1.82, 2.24) is 20.0 Å². The van der Waals surface area contributed by atoms with Gasteiger partial charge in [0.25, 0.3) is 5.91 Å². The first-order chi connectivity index (χ1) is 14.5. The van der Waals surface area contributed by atoms with Crippen LogP contribution in [0.2, 0.25) is 0 Å². The van der Waals surface area contributed by atoms with E-state index in [1.165, 1.54) is 4.90 Å². The number of carbonyl (C=O) groups is 2. The number of nitrogens with zero attached hydrogens (tertiary/aromatic N) is 3. The van der Waals surface area contributed by atoms with Gasteiger partial charge in [-0.25, -0.2) is 9.48 Å². The van der Waals surface area contributed by atoms with Gasteiger partial charge in [0, 0.05) is 24.8 Å². The monoisotopic (exact) mass is 404 g/mol. The first-order valence-electron chi connectivity index (χ1n) is 10.2. The molecule has 2 N–H and O–H groups in total. The van der Waals surface area contributed by atoms with Crippen molar-refractivity contribution < 1.29 is 14.5 Å². The summed E-state index contributed by atoms with van der Waals surface area (Å²) in [4.78, 5) is 27.0. The number of carbonyl (C=O) groups excluding carboxylic acids is 2. The summed E-state index contributed by atoms with van der Waals surface area (Å²) >= 11 is 0. The molecule has 7 nitrogen and oxygen atoms in total. The Labute approximate surface area is 175 Å². The second-order valence-corrected chi connectivity index (χ2v) is 7.62. The minimum absolute atomic E-state index is 0.154. The summed E-state index contributed by atoms with van der Waals surface area (Å²) in [5, 5.41) is 7.53. The standard InChI is InChI=1S/C23H25N5O2/c1-17(22(29)27-14-13-24-23(27)30)26(2)15-19-16-28(20-11-7-4-8-12-20)25-21(19)18-9-5-3-6-10-18/h3-12,16-17H,13-15H2,1-2H3,(H,24,30)/p+1/t17-/m1/s1. The molecule has 0 bridgehead atoms. The van der Waals surface area contributed by atoms with Crippen LogP contribution in [0.4, 0.5) is 4.79 Å². The zero-order chi connectivity index (χ0) is 21.1. The number of imide groups is 1. The number of likely N-dealkylation sites (N-methyl/N-ethyl adjacent to an activating group) is 1. The molecule has 1 aromatic heterocycles. The molecule has 4 rings (SSSR count). The van der Waals surface area contributed by atoms with Crippen LogP contribution in [-0.4, -0.2) is 52.8 Å². The van der Waals surface area contributed by atoms with Crippen molar-refractivity contribution in [2.45, 2.75) is 19.5 Å². The normalized spacial score (nSPS) is 15.7. The number of nitrogens with one attached hydrogen (secondary N) is 2. The van der Waals surface area contributed by atoms with Gasteiger partial charge in [-0.05, 0) is 19.1 Å². The Morgan fingerprint density at radius 1 is 1.13 bits per heavy atom. The maximum absolute atomic E-state index is 12.8. The number of amides is 3. The topological polar surface area (TPSA) is 71.7 Å². The van der Waals surface area contributed by atoms with Gasteiger partial charge in [0.15, 0.2) is 6.04 Å². The molecule has 1 saturated heterocycles. The van der Waals surface area contributed by atoms with Crippen molar-refractivity contribution in [2.24, 2.45) is 0 Å². The molecule has 154 valence electrons. The SMILES string of the molecule is C[C@H](C(=O)N1CCNC1=O)[NH+](C)Cc1cn(-c2ccccc2)nc1-c1ccccc1. The van der Waals surface area contributed by atoms with Gasteiger partial charge in [-0.2, -0.15) is 5.10 Å². The zero-order valence-electron chi connectivity index (χ0n) is 17.2. The van der Waals surface area contributed by atoms with Gasteiger partial charge in [0.1, 0.15) is 12.2 Å². The molecule has 1 fully saturated rings. The Morgan fingerprint density at radius 2 is 1.80 bits per heavy atom. The maximum Gasteiger partial charge on any atom is 0.324 e. The van der Waals surface area contributed by atoms with Crippen molar-refractivity contribution in [3.8, 4) is 16.9 Å². The molecule has 1 aliphatic rings. The lowest BCUT2D eigenvalue weighted by Crippen LogP contribution is -3.12. The second kappa shape index (κ2) is 8.51. The van der Waals surface area contributed by atoms with E-state index < -0.39 is 0 Å². The van der Waals surface area contributed by atoms with Crippen molar-refractivity contribution >= 4 is 11.9 Å². The molecule has 1 unspecified atom stereocenters. The largest absolute Gasteiger partial charge is 0.336 e. The summed E-state index contributed by atoms with van der Waals surface area (Å²) in [7, 11) is 1.98. The van der Waals surface area contributed by atoms with Gasteiger partial charge >= 0.3 is 6.03 Å². The lowest BCUT2D eigenvalue weighted by Gasteiger charge is -2.23. The number of hydrogen-bond donors (Lipinski definition) is 2. The van der Waals surface area contributed by atoms with E-state index in [1.54, 1.807) is 0 Å². The molecule has 2 aromatic carbocycles. The quantitative estimate of drug-likeness (QED) is 0.654. The Bertz CT molecular complexity index is 1030. The molecular formula is C23H26N5O2+. The van der Waals surface area contributed by atoms with Crippen LogP contribution in [0.1, 0.15) is 12.5 Å². The maximum atomic E-state index is 12.8. The van der Waals surface area contributed by atoms with Crippen molar-refractivity contribution in [2.75, 3.05) is 20.1 Å². The van der Waals surface area contributed by atoms with E-state index in [1.807, 2.05) is 85.5 Å². The Kier molecular flexibility index (Phi) is 5.63. The fraction of sp³-hybridized carbons (Fsp3) is 0.261. The van der Waals surface area contributed by atoms with E-state index >= 15 is 0 Å². The Morgan fingerprint density at radius 3 is 2.43 bits per heavy atom. The lowest BCUT2D eigenvalue weighted by molar-refractivity contribution is -0.908. The van der Waals surface area contributed by atoms with Gasteiger partial charge in [0.05, 0.1) is 18.3 Å². The first kappa shape index (κ1) is 19.8. The van der Waals surface area contributed by atoms with Crippen molar-refractivity contribution in [3.05, 3.63) is 72.4 Å². The Balaban J connectivity index is 1.61. The fourth-order valence-electron chi connectivity index (χ4n) is 3.67. The predicted molar refractivity (Wildman–Crippen MR) is 114 cm³/mol. The molecule has 3 amide bonds. The van der Waals surface area contributed by atoms with E-state index in [4.69, 9.17) is 5.10 Å². The third-order valence-electron chi connectivity index (χ3n) is 5.56. The molecule has 1 aliphatic heterocycles. The van der Waals surface area contributed by atoms with Crippen molar-refractivity contribution in [3.63, 3.8) is 0 Å². The van der Waals surface area contributed by atoms with E-state index in [0.29, 0.717) is 19.6 Å². The number of aromatic nitrogens is 2. The highest BCUT2D eigenvalue weighted by Crippen LogP contribution is 2.23. The summed E-state index contributed by atoms with van der Waals surface area (Å²) in [5.74, 6) is -0.154. The molecule has 0 aliphatic carbocycles. The van der Waals surface area contributed by atoms with Crippen LogP contribution in [0.15, 0.2) is 66.9 Å². The summed E-state index contributed by atoms with van der Waals surface area (Å²) in [6.07, 6.45) is 2.03. The Hall–Kier alpha value is -3.45. The smallest absolute Gasteiger partial charge is 0.324 e. The summed E-state index contributed by atoms with van der Waals surface area (Å²) in [5.41, 5.74) is 3.97. The highest BCUT2D eigenvalue weighted by molar-refractivity contribution is 5.97. The second-order valence-electron chi connectivity index (χ2n) is 7.62. The van der Waals surface area contributed by atoms with Crippen LogP contribution in [0.3, 0.4) is 0 Å². The first-order valence-corrected chi connectivity index (χ1v) is 10.2. The van der Waals surface area contributed by atoms with Crippen LogP contribution in [0, 0.1) is 0 Å². The van der Waals surface area contributed by atoms with E-state index in [2.05, 4.69) is 5.32 Å². The average molecular weight is 404 g/mol. The van der Waals surface area contributed by atoms with Gasteiger partial charge in [-0.15, -0.1) is 0 Å². The summed E-state index contributed by atoms with van der Waals surface area (Å²) in [6.45, 7) is 3.42. The molecule has 0 radical (unpaired) electrons. The highest BCUT2D eigenvalue weighted by Gasteiger charge is 2.34. The molecule has 7 heteroatoms. The predicted octanol–water partition coefficient (Wildman–Crippen LogP) is 1.49. The van der Waals surface area contributed by atoms with Gasteiger partial charge in [-0.1, -0.05) is 48.5 Å².